The van der Waals surface area contributed by atoms with E-state index in [4.69, 9.17) is 28.4 Å². The van der Waals surface area contributed by atoms with Gasteiger partial charge < -0.3 is 43.7 Å². The van der Waals surface area contributed by atoms with Gasteiger partial charge in [0.15, 0.2) is 23.1 Å². The number of fused-ring (bicyclic) bond motifs is 2. The summed E-state index contributed by atoms with van der Waals surface area (Å²) in [6, 6.07) is 15.4. The molecular formula is C44H42O13. The Morgan fingerprint density at radius 3 is 1.86 bits per heavy atom. The molecule has 0 amide bonds. The molecule has 296 valence electrons. The number of rotatable bonds is 12. The second kappa shape index (κ2) is 15.3. The molecular weight excluding hydrogens is 736 g/mol. The summed E-state index contributed by atoms with van der Waals surface area (Å²) < 4.78 is 35.4. The number of hydrogen-bond donors (Lipinski definition) is 3. The van der Waals surface area contributed by atoms with E-state index in [9.17, 15) is 34.5 Å². The van der Waals surface area contributed by atoms with Crippen LogP contribution < -0.4 is 4.74 Å². The number of ketones is 2. The molecule has 57 heavy (non-hydrogen) atoms. The van der Waals surface area contributed by atoms with Crippen molar-refractivity contribution in [1.82, 2.24) is 0 Å². The number of carbonyl (C=O) groups is 4. The zero-order valence-corrected chi connectivity index (χ0v) is 32.2. The average Bonchev–Trinajstić information content (AvgIpc) is 3.19. The third-order valence-electron chi connectivity index (χ3n) is 10.9. The highest BCUT2D eigenvalue weighted by Crippen LogP contribution is 2.63. The summed E-state index contributed by atoms with van der Waals surface area (Å²) in [7, 11) is 5.55. The second-order valence-electron chi connectivity index (χ2n) is 14.3. The summed E-state index contributed by atoms with van der Waals surface area (Å²) in [5.74, 6) is -4.83. The minimum atomic E-state index is -0.916. The number of benzene rings is 3. The highest BCUT2D eigenvalue weighted by Gasteiger charge is 2.55. The number of Topliss-reactive ketones (excluding diaryl/α,β-unsaturated/α-hetero) is 2. The van der Waals surface area contributed by atoms with Crippen LogP contribution in [0.1, 0.15) is 81.2 Å². The van der Waals surface area contributed by atoms with Crippen molar-refractivity contribution in [3.8, 4) is 17.2 Å². The zero-order valence-electron chi connectivity index (χ0n) is 32.2. The first kappa shape index (κ1) is 38.9. The largest absolute Gasteiger partial charge is 0.508 e. The SMILES string of the molecule is COC1=C(CC(C)OC(=O)c2ccccc2)C2C3=C(c4c(OC)cc(O)c5c4C2C(CC(C)OC(=O)c2ccc(O)cc2)=C(OC)C5=O)C(OC)CC(=O)C3=C1O. The topological polar surface area (TPSA) is 184 Å². The molecule has 7 rings (SSSR count). The number of aliphatic hydroxyl groups excluding tert-OH is 1. The Morgan fingerprint density at radius 1 is 0.719 bits per heavy atom. The quantitative estimate of drug-likeness (QED) is 0.166. The fourth-order valence-electron chi connectivity index (χ4n) is 8.72. The van der Waals surface area contributed by atoms with Crippen LogP contribution in [0.5, 0.6) is 17.2 Å². The van der Waals surface area contributed by atoms with E-state index in [2.05, 4.69) is 0 Å². The predicted molar refractivity (Wildman–Crippen MR) is 204 cm³/mol. The lowest BCUT2D eigenvalue weighted by molar-refractivity contribution is -0.117. The maximum atomic E-state index is 14.5. The van der Waals surface area contributed by atoms with Gasteiger partial charge in [-0.2, -0.15) is 0 Å². The van der Waals surface area contributed by atoms with Gasteiger partial charge in [0.05, 0.1) is 49.7 Å². The molecule has 3 N–H and O–H groups in total. The minimum absolute atomic E-state index is 0.00156. The molecule has 3 aromatic rings. The number of carbonyl (C=O) groups excluding carboxylic acids is 4. The molecule has 0 fully saturated rings. The molecule has 0 saturated heterocycles. The van der Waals surface area contributed by atoms with Gasteiger partial charge in [0.1, 0.15) is 29.5 Å². The molecule has 0 radical (unpaired) electrons. The maximum Gasteiger partial charge on any atom is 0.338 e. The maximum absolute atomic E-state index is 14.5. The summed E-state index contributed by atoms with van der Waals surface area (Å²) in [6.45, 7) is 3.35. The van der Waals surface area contributed by atoms with Crippen molar-refractivity contribution in [3.63, 3.8) is 0 Å². The second-order valence-corrected chi connectivity index (χ2v) is 14.3. The Bertz CT molecular complexity index is 2310. The normalized spacial score (nSPS) is 20.8. The number of hydrogen-bond acceptors (Lipinski definition) is 13. The number of aliphatic hydroxyl groups is 1. The van der Waals surface area contributed by atoms with Crippen molar-refractivity contribution in [2.24, 2.45) is 5.92 Å². The van der Waals surface area contributed by atoms with Gasteiger partial charge in [-0.3, -0.25) is 9.59 Å². The molecule has 0 aromatic heterocycles. The fourth-order valence-corrected chi connectivity index (χ4v) is 8.72. The van der Waals surface area contributed by atoms with E-state index in [0.717, 1.165) is 0 Å². The van der Waals surface area contributed by atoms with Gasteiger partial charge in [-0.25, -0.2) is 9.59 Å². The lowest BCUT2D eigenvalue weighted by atomic mass is 9.56. The third-order valence-corrected chi connectivity index (χ3v) is 10.9. The van der Waals surface area contributed by atoms with Crippen LogP contribution in [0, 0.1) is 5.92 Å². The van der Waals surface area contributed by atoms with E-state index in [1.54, 1.807) is 44.2 Å². The minimum Gasteiger partial charge on any atom is -0.508 e. The Morgan fingerprint density at radius 2 is 1.30 bits per heavy atom. The van der Waals surface area contributed by atoms with Gasteiger partial charge in [-0.15, -0.1) is 0 Å². The summed E-state index contributed by atoms with van der Waals surface area (Å²) in [5, 5.41) is 33.3. The van der Waals surface area contributed by atoms with Gasteiger partial charge in [0, 0.05) is 49.8 Å². The molecule has 0 spiro atoms. The van der Waals surface area contributed by atoms with Crippen LogP contribution in [0.25, 0.3) is 5.57 Å². The van der Waals surface area contributed by atoms with Gasteiger partial charge in [0.25, 0.3) is 0 Å². The van der Waals surface area contributed by atoms with E-state index in [0.29, 0.717) is 39.0 Å². The van der Waals surface area contributed by atoms with Crippen LogP contribution in [0.3, 0.4) is 0 Å². The van der Waals surface area contributed by atoms with Crippen molar-refractivity contribution < 1.29 is 62.9 Å². The number of phenolic OH excluding ortho intramolecular Hbond substituents is 2. The molecule has 0 bridgehead atoms. The molecule has 13 heteroatoms. The summed E-state index contributed by atoms with van der Waals surface area (Å²) in [6.07, 6.45) is -2.75. The Balaban J connectivity index is 1.45. The molecule has 5 unspecified atom stereocenters. The summed E-state index contributed by atoms with van der Waals surface area (Å²) >= 11 is 0. The number of phenols is 2. The first-order valence-corrected chi connectivity index (χ1v) is 18.4. The molecule has 4 aliphatic carbocycles. The van der Waals surface area contributed by atoms with Crippen molar-refractivity contribution in [2.45, 2.75) is 57.3 Å². The Kier molecular flexibility index (Phi) is 10.4. The lowest BCUT2D eigenvalue weighted by Gasteiger charge is -2.48. The van der Waals surface area contributed by atoms with Crippen LogP contribution in [0.4, 0.5) is 0 Å². The standard InChI is InChI=1S/C44H42O13/c1-20(56-43(50)22-10-8-7-9-11-22)16-25-31-32-26(17-21(2)57-44(51)23-12-14-24(45)15-13-23)42(55-6)40(49)34-28(47)19-30(53-4)36(38(32)34)35-29(52-3)18-27(46)33(37(31)35)39(48)41(25)54-5/h7-15,19-21,29,31-32,45,47-48H,16-18H2,1-6H3. The number of ether oxygens (including phenoxy) is 6. The predicted octanol–water partition coefficient (Wildman–Crippen LogP) is 6.66. The van der Waals surface area contributed by atoms with Crippen LogP contribution in [0.15, 0.2) is 100 Å². The van der Waals surface area contributed by atoms with Gasteiger partial charge >= 0.3 is 11.9 Å². The molecule has 0 heterocycles. The number of allylic oxidation sites excluding steroid dienone is 3. The highest BCUT2D eigenvalue weighted by atomic mass is 16.5. The molecule has 13 nitrogen and oxygen atoms in total. The van der Waals surface area contributed by atoms with E-state index < -0.39 is 59.4 Å². The Hall–Kier alpha value is -6.34. The van der Waals surface area contributed by atoms with Gasteiger partial charge in [0.2, 0.25) is 5.78 Å². The van der Waals surface area contributed by atoms with Gasteiger partial charge in [-0.05, 0) is 78.1 Å². The van der Waals surface area contributed by atoms with E-state index in [1.807, 2.05) is 0 Å². The first-order valence-electron chi connectivity index (χ1n) is 18.4. The van der Waals surface area contributed by atoms with Crippen molar-refractivity contribution in [3.05, 3.63) is 128 Å². The number of esters is 2. The highest BCUT2D eigenvalue weighted by molar-refractivity contribution is 6.16. The van der Waals surface area contributed by atoms with Crippen LogP contribution in [0.2, 0.25) is 0 Å². The fraction of sp³-hybridized carbons (Fsp3) is 0.318. The molecule has 3 aromatic carbocycles. The molecule has 0 saturated carbocycles. The van der Waals surface area contributed by atoms with Crippen molar-refractivity contribution >= 4 is 29.1 Å². The van der Waals surface area contributed by atoms with Crippen molar-refractivity contribution in [2.75, 3.05) is 28.4 Å². The summed E-state index contributed by atoms with van der Waals surface area (Å²) in [5.41, 5.74) is 2.94. The Labute approximate surface area is 328 Å². The lowest BCUT2D eigenvalue weighted by Crippen LogP contribution is -2.42. The monoisotopic (exact) mass is 778 g/mol. The van der Waals surface area contributed by atoms with Gasteiger partial charge in [-0.1, -0.05) is 18.2 Å². The molecule has 0 aliphatic heterocycles. The molecule has 4 aliphatic rings. The first-order chi connectivity index (χ1) is 27.3. The summed E-state index contributed by atoms with van der Waals surface area (Å²) in [4.78, 5) is 55.2. The molecule has 5 atom stereocenters. The van der Waals surface area contributed by atoms with E-state index in [1.165, 1.54) is 58.8 Å². The third kappa shape index (κ3) is 6.51. The smallest absolute Gasteiger partial charge is 0.338 e. The van der Waals surface area contributed by atoms with Crippen LogP contribution in [-0.4, -0.2) is 85.6 Å². The average molecular weight is 779 g/mol. The number of methoxy groups -OCH3 is 4. The van der Waals surface area contributed by atoms with E-state index >= 15 is 0 Å². The van der Waals surface area contributed by atoms with E-state index in [-0.39, 0.29) is 64.7 Å². The zero-order chi connectivity index (χ0) is 40.9. The van der Waals surface area contributed by atoms with Crippen LogP contribution in [-0.2, 0) is 28.5 Å². The number of aromatic hydroxyl groups is 2. The van der Waals surface area contributed by atoms with Crippen LogP contribution >= 0.6 is 0 Å². The van der Waals surface area contributed by atoms with Crippen molar-refractivity contribution in [1.29, 1.82) is 0 Å².